The van der Waals surface area contributed by atoms with E-state index in [4.69, 9.17) is 4.74 Å². The fraction of sp³-hybridized carbons (Fsp3) is 0.280. The number of carbonyl (C=O) groups excluding carboxylic acids is 2. The molecule has 1 heterocycles. The van der Waals surface area contributed by atoms with Crippen molar-refractivity contribution in [1.29, 1.82) is 0 Å². The number of aliphatic imine (C=N–C) groups is 1. The minimum absolute atomic E-state index is 0.175. The number of amides is 2. The number of nitrogens with zero attached hydrogens (tertiary/aromatic N) is 3. The summed E-state index contributed by atoms with van der Waals surface area (Å²) >= 11 is 0. The zero-order valence-corrected chi connectivity index (χ0v) is 20.1. The molecule has 0 saturated heterocycles. The summed E-state index contributed by atoms with van der Waals surface area (Å²) in [5, 5.41) is 13.3. The third-order valence-electron chi connectivity index (χ3n) is 5.26. The quantitative estimate of drug-likeness (QED) is 0.365. The van der Waals surface area contributed by atoms with Crippen LogP contribution in [0, 0.1) is 13.8 Å². The van der Waals surface area contributed by atoms with Crippen LogP contribution in [0.3, 0.4) is 0 Å². The van der Waals surface area contributed by atoms with Crippen molar-refractivity contribution < 1.29 is 14.3 Å². The molecule has 3 aromatic rings. The molecule has 9 nitrogen and oxygen atoms in total. The van der Waals surface area contributed by atoms with E-state index in [-0.39, 0.29) is 11.8 Å². The van der Waals surface area contributed by atoms with Crippen LogP contribution in [0.25, 0.3) is 0 Å². The van der Waals surface area contributed by atoms with Gasteiger partial charge in [-0.3, -0.25) is 19.6 Å². The average molecular weight is 463 g/mol. The first kappa shape index (κ1) is 24.5. The van der Waals surface area contributed by atoms with Crippen molar-refractivity contribution in [1.82, 2.24) is 15.1 Å². The summed E-state index contributed by atoms with van der Waals surface area (Å²) in [6.07, 6.45) is 0. The van der Waals surface area contributed by atoms with Gasteiger partial charge in [0.15, 0.2) is 0 Å². The van der Waals surface area contributed by atoms with E-state index in [1.165, 1.54) is 6.92 Å². The second-order valence-electron chi connectivity index (χ2n) is 7.70. The predicted molar refractivity (Wildman–Crippen MR) is 133 cm³/mol. The molecule has 1 aromatic heterocycles. The number of guanidine groups is 1. The standard InChI is InChI=1S/C25H30N6O3/c1-6-31-17(3)23(16(2)30-31)15-26-25(28-21-8-7-9-22(14-21)34-5)29-24(33)19-10-12-20(13-11-19)27-18(4)32/h7-14H,6,15H2,1-5H3,(H,27,32)(H2,26,28,29,33). The van der Waals surface area contributed by atoms with E-state index >= 15 is 0 Å². The number of aromatic nitrogens is 2. The third-order valence-corrected chi connectivity index (χ3v) is 5.26. The number of ether oxygens (including phenoxy) is 1. The second-order valence-corrected chi connectivity index (χ2v) is 7.70. The number of benzene rings is 2. The van der Waals surface area contributed by atoms with Crippen LogP contribution in [-0.2, 0) is 17.9 Å². The van der Waals surface area contributed by atoms with E-state index in [2.05, 4.69) is 26.0 Å². The zero-order chi connectivity index (χ0) is 24.7. The smallest absolute Gasteiger partial charge is 0.257 e. The first-order chi connectivity index (χ1) is 16.3. The normalized spacial score (nSPS) is 11.1. The Bertz CT molecular complexity index is 1200. The summed E-state index contributed by atoms with van der Waals surface area (Å²) in [5.74, 6) is 0.472. The van der Waals surface area contributed by atoms with Crippen LogP contribution in [0.1, 0.15) is 41.2 Å². The molecule has 2 amide bonds. The summed E-state index contributed by atoms with van der Waals surface area (Å²) in [6, 6.07) is 14.0. The van der Waals surface area contributed by atoms with Crippen LogP contribution in [0.15, 0.2) is 53.5 Å². The number of hydrogen-bond acceptors (Lipinski definition) is 5. The highest BCUT2D eigenvalue weighted by Crippen LogP contribution is 2.18. The highest BCUT2D eigenvalue weighted by molar-refractivity contribution is 6.10. The lowest BCUT2D eigenvalue weighted by molar-refractivity contribution is -0.114. The molecule has 2 aromatic carbocycles. The van der Waals surface area contributed by atoms with Gasteiger partial charge in [0.1, 0.15) is 5.75 Å². The SMILES string of the molecule is CCn1nc(C)c(CN=C(NC(=O)c2ccc(NC(C)=O)cc2)Nc2cccc(OC)c2)c1C. The minimum Gasteiger partial charge on any atom is -0.497 e. The number of aryl methyl sites for hydroxylation is 2. The topological polar surface area (TPSA) is 110 Å². The van der Waals surface area contributed by atoms with Crippen LogP contribution in [0.5, 0.6) is 5.75 Å². The van der Waals surface area contributed by atoms with Gasteiger partial charge in [-0.2, -0.15) is 5.10 Å². The van der Waals surface area contributed by atoms with Crippen molar-refractivity contribution in [2.75, 3.05) is 17.7 Å². The molecule has 0 spiro atoms. The Labute approximate surface area is 199 Å². The molecular weight excluding hydrogens is 432 g/mol. The van der Waals surface area contributed by atoms with Gasteiger partial charge in [-0.15, -0.1) is 0 Å². The number of rotatable bonds is 7. The van der Waals surface area contributed by atoms with Crippen LogP contribution >= 0.6 is 0 Å². The second kappa shape index (κ2) is 11.1. The summed E-state index contributed by atoms with van der Waals surface area (Å²) in [5.41, 5.74) is 4.73. The van der Waals surface area contributed by atoms with Gasteiger partial charge in [-0.1, -0.05) is 6.07 Å². The first-order valence-corrected chi connectivity index (χ1v) is 11.0. The van der Waals surface area contributed by atoms with Gasteiger partial charge in [0.2, 0.25) is 11.9 Å². The van der Waals surface area contributed by atoms with Crippen molar-refractivity contribution >= 4 is 29.1 Å². The largest absolute Gasteiger partial charge is 0.497 e. The molecule has 0 bridgehead atoms. The zero-order valence-electron chi connectivity index (χ0n) is 20.1. The van der Waals surface area contributed by atoms with E-state index < -0.39 is 0 Å². The molecule has 0 aliphatic rings. The predicted octanol–water partition coefficient (Wildman–Crippen LogP) is 3.88. The Morgan fingerprint density at radius 1 is 1.06 bits per heavy atom. The van der Waals surface area contributed by atoms with Crippen molar-refractivity contribution in [3.05, 3.63) is 71.0 Å². The Hall–Kier alpha value is -4.14. The third kappa shape index (κ3) is 6.22. The maximum Gasteiger partial charge on any atom is 0.257 e. The molecule has 0 atom stereocenters. The maximum absolute atomic E-state index is 12.9. The van der Waals surface area contributed by atoms with E-state index in [0.29, 0.717) is 29.5 Å². The Morgan fingerprint density at radius 2 is 1.79 bits per heavy atom. The summed E-state index contributed by atoms with van der Waals surface area (Å²) in [7, 11) is 1.59. The van der Waals surface area contributed by atoms with Gasteiger partial charge in [0, 0.05) is 47.7 Å². The van der Waals surface area contributed by atoms with E-state index in [0.717, 1.165) is 29.2 Å². The Balaban J connectivity index is 1.84. The van der Waals surface area contributed by atoms with Gasteiger partial charge in [-0.25, -0.2) is 4.99 Å². The van der Waals surface area contributed by atoms with Gasteiger partial charge in [-0.05, 0) is 57.2 Å². The van der Waals surface area contributed by atoms with Crippen LogP contribution in [-0.4, -0.2) is 34.7 Å². The fourth-order valence-electron chi connectivity index (χ4n) is 3.46. The molecule has 178 valence electrons. The van der Waals surface area contributed by atoms with Crippen molar-refractivity contribution in [2.24, 2.45) is 4.99 Å². The van der Waals surface area contributed by atoms with Gasteiger partial charge < -0.3 is 15.4 Å². The number of carbonyl (C=O) groups is 2. The van der Waals surface area contributed by atoms with Crippen LogP contribution in [0.4, 0.5) is 11.4 Å². The molecule has 3 rings (SSSR count). The Kier molecular flexibility index (Phi) is 8.02. The van der Waals surface area contributed by atoms with Crippen LogP contribution < -0.4 is 20.7 Å². The number of anilines is 2. The number of methoxy groups -OCH3 is 1. The van der Waals surface area contributed by atoms with Crippen LogP contribution in [0.2, 0.25) is 0 Å². The molecule has 9 heteroatoms. The molecule has 3 N–H and O–H groups in total. The molecule has 0 fully saturated rings. The highest BCUT2D eigenvalue weighted by atomic mass is 16.5. The molecule has 0 unspecified atom stereocenters. The van der Waals surface area contributed by atoms with E-state index in [1.54, 1.807) is 31.4 Å². The molecule has 0 radical (unpaired) electrons. The number of nitrogens with one attached hydrogen (secondary N) is 3. The number of hydrogen-bond donors (Lipinski definition) is 3. The maximum atomic E-state index is 12.9. The minimum atomic E-state index is -0.332. The Morgan fingerprint density at radius 3 is 2.41 bits per heavy atom. The monoisotopic (exact) mass is 462 g/mol. The van der Waals surface area contributed by atoms with E-state index in [1.807, 2.05) is 49.7 Å². The molecule has 0 saturated carbocycles. The lowest BCUT2D eigenvalue weighted by Gasteiger charge is -2.13. The van der Waals surface area contributed by atoms with Gasteiger partial charge in [0.25, 0.3) is 5.91 Å². The fourth-order valence-corrected chi connectivity index (χ4v) is 3.46. The van der Waals surface area contributed by atoms with Crippen molar-refractivity contribution in [3.8, 4) is 5.75 Å². The van der Waals surface area contributed by atoms with Crippen molar-refractivity contribution in [3.63, 3.8) is 0 Å². The van der Waals surface area contributed by atoms with Gasteiger partial charge in [0.05, 0.1) is 19.3 Å². The molecular formula is C25H30N6O3. The highest BCUT2D eigenvalue weighted by Gasteiger charge is 2.13. The van der Waals surface area contributed by atoms with E-state index in [9.17, 15) is 9.59 Å². The molecule has 0 aliphatic carbocycles. The molecule has 34 heavy (non-hydrogen) atoms. The van der Waals surface area contributed by atoms with Crippen molar-refractivity contribution in [2.45, 2.75) is 40.8 Å². The molecule has 0 aliphatic heterocycles. The lowest BCUT2D eigenvalue weighted by atomic mass is 10.2. The van der Waals surface area contributed by atoms with Gasteiger partial charge >= 0.3 is 0 Å². The summed E-state index contributed by atoms with van der Waals surface area (Å²) in [6.45, 7) is 8.57. The summed E-state index contributed by atoms with van der Waals surface area (Å²) in [4.78, 5) is 28.8. The lowest BCUT2D eigenvalue weighted by Crippen LogP contribution is -2.36. The summed E-state index contributed by atoms with van der Waals surface area (Å²) < 4.78 is 7.23. The average Bonchev–Trinajstić information content (AvgIpc) is 3.10. The first-order valence-electron chi connectivity index (χ1n) is 11.0.